The van der Waals surface area contributed by atoms with Crippen LogP contribution in [0.2, 0.25) is 0 Å². The average Bonchev–Trinajstić information content (AvgIpc) is 2.75. The molecular formula is C12H17F2N3O. The molecule has 1 heterocycles. The zero-order valence-corrected chi connectivity index (χ0v) is 10.3. The molecule has 0 radical (unpaired) electrons. The minimum absolute atomic E-state index is 0.110. The molecule has 1 aliphatic carbocycles. The van der Waals surface area contributed by atoms with E-state index in [4.69, 9.17) is 0 Å². The fourth-order valence-corrected chi connectivity index (χ4v) is 2.44. The number of anilines is 1. The molecule has 0 bridgehead atoms. The monoisotopic (exact) mass is 257 g/mol. The molecule has 1 saturated carbocycles. The van der Waals surface area contributed by atoms with Crippen molar-refractivity contribution in [3.63, 3.8) is 0 Å². The molecular weight excluding hydrogens is 240 g/mol. The molecule has 1 amide bonds. The van der Waals surface area contributed by atoms with Gasteiger partial charge in [-0.05, 0) is 31.6 Å². The summed E-state index contributed by atoms with van der Waals surface area (Å²) in [5.41, 5.74) is -0.237. The maximum Gasteiger partial charge on any atom is 0.284 e. The predicted molar refractivity (Wildman–Crippen MR) is 63.5 cm³/mol. The Hall–Kier alpha value is -1.46. The van der Waals surface area contributed by atoms with Crippen LogP contribution in [0, 0.1) is 5.92 Å². The molecule has 0 spiro atoms. The van der Waals surface area contributed by atoms with Gasteiger partial charge in [-0.25, -0.2) is 8.78 Å². The number of halogens is 2. The van der Waals surface area contributed by atoms with Gasteiger partial charge in [0.25, 0.3) is 6.43 Å². The van der Waals surface area contributed by atoms with Crippen molar-refractivity contribution in [2.45, 2.75) is 45.1 Å². The van der Waals surface area contributed by atoms with Crippen molar-refractivity contribution in [1.82, 2.24) is 9.78 Å². The lowest BCUT2D eigenvalue weighted by molar-refractivity contribution is -0.105. The van der Waals surface area contributed by atoms with Gasteiger partial charge >= 0.3 is 0 Å². The third-order valence-electron chi connectivity index (χ3n) is 3.54. The summed E-state index contributed by atoms with van der Waals surface area (Å²) in [6.45, 7) is 2.20. The minimum Gasteiger partial charge on any atom is -0.326 e. The van der Waals surface area contributed by atoms with Crippen LogP contribution < -0.4 is 5.32 Å². The highest BCUT2D eigenvalue weighted by Crippen LogP contribution is 2.34. The summed E-state index contributed by atoms with van der Waals surface area (Å²) in [4.78, 5) is 10.4. The van der Waals surface area contributed by atoms with Crippen LogP contribution in [0.4, 0.5) is 14.5 Å². The lowest BCUT2D eigenvalue weighted by Gasteiger charge is -2.26. The first-order valence-electron chi connectivity index (χ1n) is 6.19. The summed E-state index contributed by atoms with van der Waals surface area (Å²) in [5.74, 6) is 0.693. The number of hydrogen-bond donors (Lipinski definition) is 1. The Kier molecular flexibility index (Phi) is 3.93. The van der Waals surface area contributed by atoms with Crippen molar-refractivity contribution in [3.8, 4) is 0 Å². The van der Waals surface area contributed by atoms with E-state index in [0.717, 1.165) is 25.7 Å². The Balaban J connectivity index is 2.18. The van der Waals surface area contributed by atoms with E-state index in [2.05, 4.69) is 17.3 Å². The Bertz CT molecular complexity index is 411. The first-order valence-corrected chi connectivity index (χ1v) is 6.19. The van der Waals surface area contributed by atoms with Crippen LogP contribution in [0.25, 0.3) is 0 Å². The van der Waals surface area contributed by atoms with Crippen LogP contribution >= 0.6 is 0 Å². The molecule has 100 valence electrons. The summed E-state index contributed by atoms with van der Waals surface area (Å²) >= 11 is 0. The molecule has 1 aromatic heterocycles. The topological polar surface area (TPSA) is 46.9 Å². The number of amides is 1. The second-order valence-corrected chi connectivity index (χ2v) is 4.88. The SMILES string of the molecule is CC1CCC(n2cc(NC=O)c(C(F)F)n2)CC1. The number of nitrogens with zero attached hydrogens (tertiary/aromatic N) is 2. The highest BCUT2D eigenvalue weighted by atomic mass is 19.3. The van der Waals surface area contributed by atoms with Gasteiger partial charge in [-0.3, -0.25) is 9.48 Å². The molecule has 1 aromatic rings. The van der Waals surface area contributed by atoms with E-state index in [1.54, 1.807) is 4.68 Å². The average molecular weight is 257 g/mol. The Labute approximate surface area is 104 Å². The summed E-state index contributed by atoms with van der Waals surface area (Å²) in [6, 6.07) is 0.168. The molecule has 1 N–H and O–H groups in total. The lowest BCUT2D eigenvalue weighted by Crippen LogP contribution is -2.17. The van der Waals surface area contributed by atoms with Crippen LogP contribution in [0.3, 0.4) is 0 Å². The van der Waals surface area contributed by atoms with E-state index in [0.29, 0.717) is 12.3 Å². The molecule has 4 nitrogen and oxygen atoms in total. The Morgan fingerprint density at radius 1 is 1.44 bits per heavy atom. The molecule has 0 aliphatic heterocycles. The number of hydrogen-bond acceptors (Lipinski definition) is 2. The quantitative estimate of drug-likeness (QED) is 0.842. The van der Waals surface area contributed by atoms with Gasteiger partial charge in [-0.15, -0.1) is 0 Å². The summed E-state index contributed by atoms with van der Waals surface area (Å²) in [6.07, 6.45) is 3.32. The zero-order chi connectivity index (χ0) is 13.1. The van der Waals surface area contributed by atoms with Crippen LogP contribution in [-0.4, -0.2) is 16.2 Å². The van der Waals surface area contributed by atoms with Crippen LogP contribution in [0.1, 0.15) is 50.8 Å². The minimum atomic E-state index is -2.67. The summed E-state index contributed by atoms with van der Waals surface area (Å²) in [7, 11) is 0. The van der Waals surface area contributed by atoms with E-state index in [-0.39, 0.29) is 17.4 Å². The molecule has 0 saturated heterocycles. The van der Waals surface area contributed by atoms with Crippen molar-refractivity contribution in [3.05, 3.63) is 11.9 Å². The van der Waals surface area contributed by atoms with Gasteiger partial charge < -0.3 is 5.32 Å². The highest BCUT2D eigenvalue weighted by Gasteiger charge is 2.24. The number of rotatable bonds is 4. The normalized spacial score (nSPS) is 24.2. The number of nitrogens with one attached hydrogen (secondary N) is 1. The van der Waals surface area contributed by atoms with Gasteiger partial charge in [0.05, 0.1) is 11.7 Å². The van der Waals surface area contributed by atoms with Crippen LogP contribution in [0.15, 0.2) is 6.20 Å². The second-order valence-electron chi connectivity index (χ2n) is 4.88. The van der Waals surface area contributed by atoms with Gasteiger partial charge in [0, 0.05) is 6.20 Å². The van der Waals surface area contributed by atoms with E-state index >= 15 is 0 Å². The summed E-state index contributed by atoms with van der Waals surface area (Å²) in [5, 5.41) is 6.20. The molecule has 0 unspecified atom stereocenters. The molecule has 2 rings (SSSR count). The highest BCUT2D eigenvalue weighted by molar-refractivity contribution is 5.72. The zero-order valence-electron chi connectivity index (χ0n) is 10.3. The largest absolute Gasteiger partial charge is 0.326 e. The number of alkyl halides is 2. The fourth-order valence-electron chi connectivity index (χ4n) is 2.44. The first-order chi connectivity index (χ1) is 8.61. The van der Waals surface area contributed by atoms with Gasteiger partial charge in [0.2, 0.25) is 6.41 Å². The van der Waals surface area contributed by atoms with Crippen molar-refractivity contribution < 1.29 is 13.6 Å². The van der Waals surface area contributed by atoms with Gasteiger partial charge in [-0.2, -0.15) is 5.10 Å². The maximum atomic E-state index is 12.8. The third-order valence-corrected chi connectivity index (χ3v) is 3.54. The van der Waals surface area contributed by atoms with E-state index in [9.17, 15) is 13.6 Å². The second kappa shape index (κ2) is 5.46. The molecule has 6 heteroatoms. The van der Waals surface area contributed by atoms with Crippen molar-refractivity contribution >= 4 is 12.1 Å². The smallest absolute Gasteiger partial charge is 0.284 e. The fraction of sp³-hybridized carbons (Fsp3) is 0.667. The first kappa shape index (κ1) is 13.0. The molecule has 1 fully saturated rings. The molecule has 18 heavy (non-hydrogen) atoms. The van der Waals surface area contributed by atoms with Gasteiger partial charge in [0.15, 0.2) is 5.69 Å². The Morgan fingerprint density at radius 3 is 2.67 bits per heavy atom. The van der Waals surface area contributed by atoms with Crippen molar-refractivity contribution in [1.29, 1.82) is 0 Å². The summed E-state index contributed by atoms with van der Waals surface area (Å²) < 4.78 is 27.1. The van der Waals surface area contributed by atoms with E-state index < -0.39 is 6.43 Å². The van der Waals surface area contributed by atoms with Crippen LogP contribution in [-0.2, 0) is 4.79 Å². The number of carbonyl (C=O) groups excluding carboxylic acids is 1. The lowest BCUT2D eigenvalue weighted by atomic mass is 9.87. The Morgan fingerprint density at radius 2 is 2.11 bits per heavy atom. The standard InChI is InChI=1S/C12H17F2N3O/c1-8-2-4-9(5-3-8)17-6-10(15-7-18)11(16-17)12(13)14/h6-9,12H,2-5H2,1H3,(H,15,18). The third kappa shape index (κ3) is 2.68. The van der Waals surface area contributed by atoms with Crippen molar-refractivity contribution in [2.75, 3.05) is 5.32 Å². The molecule has 0 atom stereocenters. The van der Waals surface area contributed by atoms with E-state index in [1.807, 2.05) is 0 Å². The molecule has 1 aliphatic rings. The predicted octanol–water partition coefficient (Wildman–Crippen LogP) is 3.14. The van der Waals surface area contributed by atoms with Crippen LogP contribution in [0.5, 0.6) is 0 Å². The van der Waals surface area contributed by atoms with Gasteiger partial charge in [-0.1, -0.05) is 6.92 Å². The number of carbonyl (C=O) groups is 1. The van der Waals surface area contributed by atoms with E-state index in [1.165, 1.54) is 6.20 Å². The maximum absolute atomic E-state index is 12.8. The number of aromatic nitrogens is 2. The van der Waals surface area contributed by atoms with Gasteiger partial charge in [0.1, 0.15) is 0 Å². The van der Waals surface area contributed by atoms with Crippen molar-refractivity contribution in [2.24, 2.45) is 5.92 Å². The molecule has 0 aromatic carbocycles.